The Morgan fingerprint density at radius 1 is 1.48 bits per heavy atom. The first-order valence-electron chi connectivity index (χ1n) is 7.73. The van der Waals surface area contributed by atoms with Crippen LogP contribution in [0.15, 0.2) is 18.3 Å². The summed E-state index contributed by atoms with van der Waals surface area (Å²) in [5.74, 6) is 0. The minimum atomic E-state index is -0.137. The van der Waals surface area contributed by atoms with Gasteiger partial charge in [-0.3, -0.25) is 5.41 Å². The number of rotatable bonds is 3. The van der Waals surface area contributed by atoms with Crippen molar-refractivity contribution in [1.29, 1.82) is 5.41 Å². The van der Waals surface area contributed by atoms with E-state index in [0.29, 0.717) is 0 Å². The molecule has 0 spiro atoms. The van der Waals surface area contributed by atoms with Crippen LogP contribution in [0.2, 0.25) is 0 Å². The van der Waals surface area contributed by atoms with Crippen LogP contribution < -0.4 is 15.1 Å². The molecule has 0 radical (unpaired) electrons. The molecule has 0 aromatic carbocycles. The second-order valence-corrected chi connectivity index (χ2v) is 6.08. The second kappa shape index (κ2) is 6.76. The average Bonchev–Trinajstić information content (AvgIpc) is 2.98. The molecular weight excluding hydrogens is 315 g/mol. The summed E-state index contributed by atoms with van der Waals surface area (Å²) in [5, 5.41) is 15.6. The highest BCUT2D eigenvalue weighted by Crippen LogP contribution is 2.30. The molecule has 2 aromatic rings. The lowest BCUT2D eigenvalue weighted by Crippen LogP contribution is -2.43. The summed E-state index contributed by atoms with van der Waals surface area (Å²) in [5.41, 5.74) is 3.71. The molecule has 124 valence electrons. The van der Waals surface area contributed by atoms with Gasteiger partial charge in [0.2, 0.25) is 0 Å². The number of nitrogens with zero attached hydrogens (tertiary/aromatic N) is 4. The summed E-state index contributed by atoms with van der Waals surface area (Å²) < 4.78 is 14.7. The molecule has 0 amide bonds. The van der Waals surface area contributed by atoms with E-state index in [1.807, 2.05) is 17.6 Å². The Balaban J connectivity index is 2.07. The van der Waals surface area contributed by atoms with E-state index >= 15 is 0 Å². The van der Waals surface area contributed by atoms with Gasteiger partial charge in [-0.05, 0) is 18.6 Å². The van der Waals surface area contributed by atoms with E-state index in [2.05, 4.69) is 27.4 Å². The fourth-order valence-electron chi connectivity index (χ4n) is 2.95. The van der Waals surface area contributed by atoms with Crippen LogP contribution in [-0.2, 0) is 6.42 Å². The number of aromatic nitrogens is 2. The molecule has 1 aliphatic heterocycles. The van der Waals surface area contributed by atoms with Gasteiger partial charge in [0.1, 0.15) is 12.1 Å². The highest BCUT2D eigenvalue weighted by atomic mass is 32.2. The van der Waals surface area contributed by atoms with Crippen LogP contribution >= 0.6 is 12.1 Å². The molecule has 0 atom stereocenters. The van der Waals surface area contributed by atoms with E-state index in [9.17, 15) is 3.89 Å². The quantitative estimate of drug-likeness (QED) is 0.665. The molecule has 1 fully saturated rings. The largest absolute Gasteiger partial charge is 0.369 e. The number of pyridine rings is 1. The third kappa shape index (κ3) is 3.00. The van der Waals surface area contributed by atoms with Gasteiger partial charge in [-0.25, -0.2) is 4.52 Å². The first-order chi connectivity index (χ1) is 11.2. The molecule has 23 heavy (non-hydrogen) atoms. The molecule has 2 N–H and O–H groups in total. The maximum Gasteiger partial charge on any atom is 0.193 e. The lowest BCUT2D eigenvalue weighted by molar-refractivity contribution is 0.589. The number of hydrogen-bond donors (Lipinski definition) is 2. The summed E-state index contributed by atoms with van der Waals surface area (Å²) in [6.07, 6.45) is 2.67. The van der Waals surface area contributed by atoms with Crippen molar-refractivity contribution in [2.75, 3.05) is 43.0 Å². The highest BCUT2D eigenvalue weighted by molar-refractivity contribution is 8.09. The van der Waals surface area contributed by atoms with Crippen LogP contribution in [-0.4, -0.2) is 48.0 Å². The van der Waals surface area contributed by atoms with E-state index in [4.69, 9.17) is 5.41 Å². The summed E-state index contributed by atoms with van der Waals surface area (Å²) in [4.78, 5) is 3.89. The molecule has 0 bridgehead atoms. The zero-order valence-corrected chi connectivity index (χ0v) is 14.2. The number of hydrogen-bond acceptors (Lipinski definition) is 5. The number of piperazine rings is 1. The van der Waals surface area contributed by atoms with Gasteiger partial charge in [0.15, 0.2) is 5.17 Å². The normalized spacial score (nSPS) is 15.2. The Kier molecular flexibility index (Phi) is 4.72. The molecule has 1 saturated heterocycles. The topological polar surface area (TPSA) is 59.7 Å². The van der Waals surface area contributed by atoms with Gasteiger partial charge in [0.05, 0.1) is 16.9 Å². The smallest absolute Gasteiger partial charge is 0.193 e. The zero-order valence-electron chi connectivity index (χ0n) is 13.3. The fourth-order valence-corrected chi connectivity index (χ4v) is 3.14. The van der Waals surface area contributed by atoms with Gasteiger partial charge >= 0.3 is 0 Å². The van der Waals surface area contributed by atoms with Crippen LogP contribution in [0, 0.1) is 5.41 Å². The molecule has 3 rings (SSSR count). The minimum absolute atomic E-state index is 0.0553. The summed E-state index contributed by atoms with van der Waals surface area (Å²) in [6, 6.07) is 4.14. The fraction of sp³-hybridized carbons (Fsp3) is 0.467. The van der Waals surface area contributed by atoms with Gasteiger partial charge in [-0.1, -0.05) is 6.92 Å². The number of aryl methyl sites for hydroxylation is 1. The summed E-state index contributed by atoms with van der Waals surface area (Å²) >= 11 is -0.0553. The molecule has 0 saturated carbocycles. The lowest BCUT2D eigenvalue weighted by Gasteiger charge is -2.29. The molecule has 1 aliphatic rings. The molecule has 0 unspecified atom stereocenters. The third-order valence-electron chi connectivity index (χ3n) is 4.19. The van der Waals surface area contributed by atoms with Crippen LogP contribution in [0.4, 0.5) is 15.3 Å². The monoisotopic (exact) mass is 336 g/mol. The van der Waals surface area contributed by atoms with E-state index in [1.54, 1.807) is 11.9 Å². The van der Waals surface area contributed by atoms with Gasteiger partial charge in [-0.15, -0.1) is 0 Å². The van der Waals surface area contributed by atoms with Crippen molar-refractivity contribution in [2.24, 2.45) is 0 Å². The molecule has 2 aromatic heterocycles. The number of halogens is 1. The number of nitrogens with one attached hydrogen (secondary N) is 2. The van der Waals surface area contributed by atoms with Crippen LogP contribution in [0.3, 0.4) is 0 Å². The van der Waals surface area contributed by atoms with Crippen molar-refractivity contribution in [3.05, 3.63) is 24.0 Å². The average molecular weight is 336 g/mol. The van der Waals surface area contributed by atoms with Crippen molar-refractivity contribution in [2.45, 2.75) is 13.3 Å². The van der Waals surface area contributed by atoms with E-state index in [0.717, 1.165) is 55.2 Å². The van der Waals surface area contributed by atoms with Crippen molar-refractivity contribution in [3.63, 3.8) is 0 Å². The van der Waals surface area contributed by atoms with Crippen molar-refractivity contribution in [3.8, 4) is 0 Å². The maximum absolute atomic E-state index is 12.8. The Labute approximate surface area is 139 Å². The van der Waals surface area contributed by atoms with Crippen molar-refractivity contribution < 1.29 is 3.89 Å². The Morgan fingerprint density at radius 2 is 2.22 bits per heavy atom. The SMILES string of the molecule is CCc1nn2ccc(N3CCNCC3)cc2c1N(C)C(=N)SF. The van der Waals surface area contributed by atoms with Gasteiger partial charge < -0.3 is 15.1 Å². The number of fused-ring (bicyclic) bond motifs is 1. The van der Waals surface area contributed by atoms with E-state index in [-0.39, 0.29) is 17.3 Å². The zero-order chi connectivity index (χ0) is 16.4. The van der Waals surface area contributed by atoms with Crippen LogP contribution in [0.1, 0.15) is 12.6 Å². The molecule has 8 heteroatoms. The van der Waals surface area contributed by atoms with Crippen LogP contribution in [0.5, 0.6) is 0 Å². The standard InChI is InChI=1S/C15H21FN6S/c1-3-12-14(20(2)15(17)23-16)13-10-11(4-7-22(13)19-12)21-8-5-18-6-9-21/h4,7,10,17-18H,3,5-6,8-9H2,1-2H3. The third-order valence-corrected chi connectivity index (χ3v) is 4.61. The van der Waals surface area contributed by atoms with Gasteiger partial charge in [-0.2, -0.15) is 8.98 Å². The lowest BCUT2D eigenvalue weighted by atomic mass is 10.2. The second-order valence-electron chi connectivity index (χ2n) is 5.54. The van der Waals surface area contributed by atoms with E-state index < -0.39 is 0 Å². The Hall–Kier alpha value is -1.80. The molecular formula is C15H21FN6S. The highest BCUT2D eigenvalue weighted by Gasteiger charge is 2.20. The predicted molar refractivity (Wildman–Crippen MR) is 94.5 cm³/mol. The van der Waals surface area contributed by atoms with Gasteiger partial charge in [0.25, 0.3) is 0 Å². The van der Waals surface area contributed by atoms with Crippen molar-refractivity contribution in [1.82, 2.24) is 14.9 Å². The Morgan fingerprint density at radius 3 is 2.87 bits per heavy atom. The van der Waals surface area contributed by atoms with Gasteiger partial charge in [0, 0.05) is 45.1 Å². The summed E-state index contributed by atoms with van der Waals surface area (Å²) in [6.45, 7) is 5.89. The Bertz CT molecular complexity index is 709. The predicted octanol–water partition coefficient (Wildman–Crippen LogP) is 2.29. The maximum atomic E-state index is 12.8. The number of amidine groups is 1. The number of anilines is 2. The summed E-state index contributed by atoms with van der Waals surface area (Å²) in [7, 11) is 1.71. The van der Waals surface area contributed by atoms with Crippen molar-refractivity contribution >= 4 is 34.2 Å². The van der Waals surface area contributed by atoms with Crippen LogP contribution in [0.25, 0.3) is 5.52 Å². The molecule has 3 heterocycles. The first-order valence-corrected chi connectivity index (χ1v) is 8.45. The van der Waals surface area contributed by atoms with E-state index in [1.165, 1.54) is 0 Å². The molecule has 6 nitrogen and oxygen atoms in total. The minimum Gasteiger partial charge on any atom is -0.369 e. The molecule has 0 aliphatic carbocycles. The first kappa shape index (κ1) is 16.1.